The van der Waals surface area contributed by atoms with E-state index in [9.17, 15) is 18.4 Å². The fourth-order valence-electron chi connectivity index (χ4n) is 3.61. The van der Waals surface area contributed by atoms with Gasteiger partial charge in [-0.05, 0) is 67.5 Å². The average Bonchev–Trinajstić information content (AvgIpc) is 3.29. The second kappa shape index (κ2) is 9.45. The Morgan fingerprint density at radius 1 is 1.12 bits per heavy atom. The number of thiocarbonyl (C=S) groups is 1. The van der Waals surface area contributed by atoms with Crippen LogP contribution in [0, 0.1) is 18.6 Å². The number of halogens is 2. The van der Waals surface area contributed by atoms with E-state index in [1.165, 1.54) is 41.3 Å². The largest absolute Gasteiger partial charge is 0.360 e. The van der Waals surface area contributed by atoms with Crippen molar-refractivity contribution in [3.05, 3.63) is 77.6 Å². The normalized spacial score (nSPS) is 15.9. The first-order valence-electron chi connectivity index (χ1n) is 10.2. The van der Waals surface area contributed by atoms with Gasteiger partial charge in [0, 0.05) is 12.6 Å². The summed E-state index contributed by atoms with van der Waals surface area (Å²) in [6, 6.07) is 12.1. The number of aromatic nitrogens is 1. The molecule has 33 heavy (non-hydrogen) atoms. The first kappa shape index (κ1) is 22.5. The number of aryl methyl sites for hydroxylation is 1. The molecule has 1 saturated heterocycles. The Morgan fingerprint density at radius 3 is 2.36 bits per heavy atom. The van der Waals surface area contributed by atoms with Crippen LogP contribution >= 0.6 is 12.2 Å². The predicted molar refractivity (Wildman–Crippen MR) is 122 cm³/mol. The summed E-state index contributed by atoms with van der Waals surface area (Å²) in [5, 5.41) is 6.55. The van der Waals surface area contributed by atoms with E-state index >= 15 is 0 Å². The molecule has 4 rings (SSSR count). The molecule has 10 heteroatoms. The van der Waals surface area contributed by atoms with Crippen LogP contribution in [0.3, 0.4) is 0 Å². The van der Waals surface area contributed by atoms with Crippen LogP contribution in [0.4, 0.5) is 20.3 Å². The molecule has 2 heterocycles. The Hall–Kier alpha value is -3.66. The van der Waals surface area contributed by atoms with Crippen LogP contribution in [0.15, 0.2) is 59.1 Å². The number of hydrogen-bond acceptors (Lipinski definition) is 5. The molecular weight excluding hydrogens is 450 g/mol. The van der Waals surface area contributed by atoms with Crippen molar-refractivity contribution in [3.8, 4) is 0 Å². The SMILES string of the molecule is Cc1cc(NC(=O)C[C@H]2C(=O)N(c3ccc(F)cc3)C(=S)N2CCc2ccc(F)cc2)no1. The topological polar surface area (TPSA) is 78.7 Å². The zero-order chi connectivity index (χ0) is 23.5. The number of benzene rings is 2. The zero-order valence-corrected chi connectivity index (χ0v) is 18.4. The van der Waals surface area contributed by atoms with Gasteiger partial charge >= 0.3 is 0 Å². The van der Waals surface area contributed by atoms with Crippen molar-refractivity contribution < 1.29 is 22.9 Å². The van der Waals surface area contributed by atoms with Crippen molar-refractivity contribution >= 4 is 40.6 Å². The number of anilines is 2. The summed E-state index contributed by atoms with van der Waals surface area (Å²) >= 11 is 5.57. The zero-order valence-electron chi connectivity index (χ0n) is 17.6. The molecule has 2 amide bonds. The molecule has 0 unspecified atom stereocenters. The highest BCUT2D eigenvalue weighted by atomic mass is 32.1. The summed E-state index contributed by atoms with van der Waals surface area (Å²) in [6.45, 7) is 2.02. The number of nitrogens with one attached hydrogen (secondary N) is 1. The van der Waals surface area contributed by atoms with Crippen LogP contribution < -0.4 is 10.2 Å². The third-order valence-corrected chi connectivity index (χ3v) is 5.65. The molecule has 170 valence electrons. The molecule has 1 aliphatic rings. The number of rotatable bonds is 7. The Kier molecular flexibility index (Phi) is 6.45. The summed E-state index contributed by atoms with van der Waals surface area (Å²) in [4.78, 5) is 28.9. The van der Waals surface area contributed by atoms with Crippen LogP contribution in [-0.2, 0) is 16.0 Å². The first-order valence-corrected chi connectivity index (χ1v) is 10.6. The summed E-state index contributed by atoms with van der Waals surface area (Å²) in [6.07, 6.45) is 0.303. The number of carbonyl (C=O) groups excluding carboxylic acids is 2. The van der Waals surface area contributed by atoms with E-state index in [0.29, 0.717) is 24.4 Å². The predicted octanol–water partition coefficient (Wildman–Crippen LogP) is 3.83. The van der Waals surface area contributed by atoms with Crippen LogP contribution in [0.1, 0.15) is 17.7 Å². The minimum atomic E-state index is -0.865. The molecule has 0 aliphatic carbocycles. The van der Waals surface area contributed by atoms with Crippen molar-refractivity contribution in [2.24, 2.45) is 0 Å². The maximum Gasteiger partial charge on any atom is 0.256 e. The maximum atomic E-state index is 13.4. The molecule has 7 nitrogen and oxygen atoms in total. The van der Waals surface area contributed by atoms with Crippen LogP contribution in [0.25, 0.3) is 0 Å². The fraction of sp³-hybridized carbons (Fsp3) is 0.217. The van der Waals surface area contributed by atoms with Gasteiger partial charge in [-0.1, -0.05) is 17.3 Å². The Bertz CT molecular complexity index is 1180. The van der Waals surface area contributed by atoms with Gasteiger partial charge in [0.2, 0.25) is 5.91 Å². The number of hydrogen-bond donors (Lipinski definition) is 1. The van der Waals surface area contributed by atoms with Gasteiger partial charge in [0.1, 0.15) is 23.4 Å². The van der Waals surface area contributed by atoms with Gasteiger partial charge in [0.05, 0.1) is 12.1 Å². The third-order valence-electron chi connectivity index (χ3n) is 5.23. The molecule has 2 aromatic carbocycles. The van der Waals surface area contributed by atoms with E-state index in [1.807, 2.05) is 0 Å². The summed E-state index contributed by atoms with van der Waals surface area (Å²) in [5.41, 5.74) is 1.27. The smallest absolute Gasteiger partial charge is 0.256 e. The lowest BCUT2D eigenvalue weighted by Crippen LogP contribution is -2.39. The average molecular weight is 471 g/mol. The van der Waals surface area contributed by atoms with E-state index in [1.54, 1.807) is 30.0 Å². The lowest BCUT2D eigenvalue weighted by Gasteiger charge is -2.23. The third kappa shape index (κ3) is 5.06. The summed E-state index contributed by atoms with van der Waals surface area (Å²) in [5.74, 6) is -0.825. The van der Waals surface area contributed by atoms with E-state index in [0.717, 1.165) is 5.56 Å². The maximum absolute atomic E-state index is 13.4. The number of carbonyl (C=O) groups is 2. The van der Waals surface area contributed by atoms with E-state index in [-0.39, 0.29) is 23.2 Å². The van der Waals surface area contributed by atoms with Crippen molar-refractivity contribution in [1.29, 1.82) is 0 Å². The van der Waals surface area contributed by atoms with Gasteiger partial charge in [-0.3, -0.25) is 14.5 Å². The van der Waals surface area contributed by atoms with Gasteiger partial charge in [0.15, 0.2) is 10.9 Å². The van der Waals surface area contributed by atoms with Crippen LogP contribution in [0.5, 0.6) is 0 Å². The highest BCUT2D eigenvalue weighted by Crippen LogP contribution is 2.28. The first-order chi connectivity index (χ1) is 15.8. The highest BCUT2D eigenvalue weighted by Gasteiger charge is 2.44. The highest BCUT2D eigenvalue weighted by molar-refractivity contribution is 7.80. The summed E-state index contributed by atoms with van der Waals surface area (Å²) in [7, 11) is 0. The summed E-state index contributed by atoms with van der Waals surface area (Å²) < 4.78 is 31.6. The van der Waals surface area contributed by atoms with Crippen molar-refractivity contribution in [2.45, 2.75) is 25.8 Å². The molecule has 1 N–H and O–H groups in total. The molecule has 0 radical (unpaired) electrons. The fourth-order valence-corrected chi connectivity index (χ4v) is 4.02. The minimum Gasteiger partial charge on any atom is -0.360 e. The second-order valence-corrected chi connectivity index (χ2v) is 7.96. The quantitative estimate of drug-likeness (QED) is 0.529. The Balaban J connectivity index is 1.55. The number of nitrogens with zero attached hydrogens (tertiary/aromatic N) is 3. The van der Waals surface area contributed by atoms with Crippen molar-refractivity contribution in [1.82, 2.24) is 10.1 Å². The molecule has 1 fully saturated rings. The van der Waals surface area contributed by atoms with E-state index in [2.05, 4.69) is 10.5 Å². The monoisotopic (exact) mass is 470 g/mol. The molecule has 0 saturated carbocycles. The lowest BCUT2D eigenvalue weighted by atomic mass is 10.1. The van der Waals surface area contributed by atoms with Gasteiger partial charge in [-0.2, -0.15) is 0 Å². The van der Waals surface area contributed by atoms with Gasteiger partial charge in [-0.15, -0.1) is 0 Å². The molecule has 1 atom stereocenters. The van der Waals surface area contributed by atoms with Crippen LogP contribution in [0.2, 0.25) is 0 Å². The van der Waals surface area contributed by atoms with Gasteiger partial charge in [0.25, 0.3) is 5.91 Å². The molecule has 3 aromatic rings. The number of amides is 2. The molecule has 0 bridgehead atoms. The lowest BCUT2D eigenvalue weighted by molar-refractivity contribution is -0.124. The molecular formula is C23H20F2N4O3S. The van der Waals surface area contributed by atoms with Gasteiger partial charge in [-0.25, -0.2) is 8.78 Å². The van der Waals surface area contributed by atoms with Crippen molar-refractivity contribution in [2.75, 3.05) is 16.8 Å². The standard InChI is InChI=1S/C23H20F2N4O3S/c1-14-12-20(27-32-14)26-21(30)13-19-22(31)29(18-8-6-17(25)7-9-18)23(33)28(19)11-10-15-2-4-16(24)5-3-15/h2-9,12,19H,10-11,13H2,1H3,(H,26,27,30)/t19-/m0/s1. The Labute approximate surface area is 194 Å². The van der Waals surface area contributed by atoms with Gasteiger partial charge < -0.3 is 14.7 Å². The molecule has 1 aliphatic heterocycles. The van der Waals surface area contributed by atoms with E-state index < -0.39 is 23.7 Å². The second-order valence-electron chi connectivity index (χ2n) is 7.59. The molecule has 1 aromatic heterocycles. The molecule has 0 spiro atoms. The van der Waals surface area contributed by atoms with Crippen molar-refractivity contribution in [3.63, 3.8) is 0 Å². The van der Waals surface area contributed by atoms with Crippen LogP contribution in [-0.4, -0.2) is 39.6 Å². The Morgan fingerprint density at radius 2 is 1.76 bits per heavy atom. The van der Waals surface area contributed by atoms with E-state index in [4.69, 9.17) is 16.7 Å². The minimum absolute atomic E-state index is 0.175.